The fraction of sp³-hybridized carbons (Fsp3) is 0.346. The van der Waals surface area contributed by atoms with Crippen LogP contribution in [0.5, 0.6) is 5.75 Å². The molecule has 1 saturated carbocycles. The Morgan fingerprint density at radius 2 is 1.94 bits per heavy atom. The first kappa shape index (κ1) is 24.7. The smallest absolute Gasteiger partial charge is 0.419 e. The van der Waals surface area contributed by atoms with Gasteiger partial charge in [-0.05, 0) is 43.0 Å². The average Bonchev–Trinajstić information content (AvgIpc) is 3.33. The molecule has 0 bridgehead atoms. The Bertz CT molecular complexity index is 1410. The fourth-order valence-corrected chi connectivity index (χ4v) is 4.84. The van der Waals surface area contributed by atoms with Gasteiger partial charge in [0.05, 0.1) is 23.2 Å². The van der Waals surface area contributed by atoms with Gasteiger partial charge in [0.2, 0.25) is 0 Å². The Morgan fingerprint density at radius 1 is 1.14 bits per heavy atom. The molecule has 1 aliphatic carbocycles. The van der Waals surface area contributed by atoms with Crippen molar-refractivity contribution in [3.05, 3.63) is 68.6 Å². The molecule has 35 heavy (non-hydrogen) atoms. The minimum absolute atomic E-state index is 0.263. The molecule has 0 atom stereocenters. The Labute approximate surface area is 206 Å². The zero-order valence-electron chi connectivity index (χ0n) is 19.7. The summed E-state index contributed by atoms with van der Waals surface area (Å²) in [5.41, 5.74) is 1.60. The number of halogens is 1. The quantitative estimate of drug-likeness (QED) is 0.317. The predicted octanol–water partition coefficient (Wildman–Crippen LogP) is 6.47. The van der Waals surface area contributed by atoms with E-state index in [9.17, 15) is 14.0 Å². The third-order valence-electron chi connectivity index (χ3n) is 5.84. The van der Waals surface area contributed by atoms with E-state index in [1.807, 2.05) is 19.2 Å². The van der Waals surface area contributed by atoms with E-state index in [0.717, 1.165) is 12.8 Å². The van der Waals surface area contributed by atoms with Crippen LogP contribution in [0.4, 0.5) is 15.2 Å². The van der Waals surface area contributed by atoms with E-state index in [4.69, 9.17) is 4.74 Å². The fourth-order valence-electron chi connectivity index (χ4n) is 4.10. The number of hydrogen-bond donors (Lipinski definition) is 2. The second kappa shape index (κ2) is 11.3. The standard InChI is InChI=1S/C24H22FN3O4S.C2H6/c25-18-11-16(7-9-21(18)31-12-14-4-2-1-3-5-14)26-23-27-20(13-33-23)15-6-8-19-17(10-15)22(29)32-24(30)28-19;1-2/h6-11,13-14H,1-5,12H2,(H,26,27)(H,28,30);1-2H3. The van der Waals surface area contributed by atoms with Crippen LogP contribution in [-0.2, 0) is 0 Å². The highest BCUT2D eigenvalue weighted by Crippen LogP contribution is 2.30. The largest absolute Gasteiger partial charge is 0.490 e. The van der Waals surface area contributed by atoms with Gasteiger partial charge in [-0.3, -0.25) is 4.98 Å². The minimum atomic E-state index is -0.793. The lowest BCUT2D eigenvalue weighted by Crippen LogP contribution is -2.15. The van der Waals surface area contributed by atoms with E-state index in [2.05, 4.69) is 19.7 Å². The number of nitrogens with one attached hydrogen (secondary N) is 2. The summed E-state index contributed by atoms with van der Waals surface area (Å²) in [5, 5.41) is 5.78. The lowest BCUT2D eigenvalue weighted by atomic mass is 9.90. The molecule has 0 amide bonds. The molecule has 0 radical (unpaired) electrons. The summed E-state index contributed by atoms with van der Waals surface area (Å²) in [6.07, 6.45) is 6.02. The Morgan fingerprint density at radius 3 is 2.71 bits per heavy atom. The van der Waals surface area contributed by atoms with Crippen molar-refractivity contribution in [2.24, 2.45) is 5.92 Å². The lowest BCUT2D eigenvalue weighted by molar-refractivity contribution is 0.202. The van der Waals surface area contributed by atoms with Crippen LogP contribution in [0.15, 0.2) is 55.8 Å². The Balaban J connectivity index is 0.00000141. The number of nitrogens with zero attached hydrogens (tertiary/aromatic N) is 1. The van der Waals surface area contributed by atoms with Crippen LogP contribution in [0.3, 0.4) is 0 Å². The van der Waals surface area contributed by atoms with Gasteiger partial charge in [0.25, 0.3) is 0 Å². The molecule has 1 aliphatic rings. The van der Waals surface area contributed by atoms with Gasteiger partial charge in [-0.2, -0.15) is 0 Å². The normalized spacial score (nSPS) is 13.8. The lowest BCUT2D eigenvalue weighted by Gasteiger charge is -2.21. The maximum absolute atomic E-state index is 14.5. The van der Waals surface area contributed by atoms with Crippen LogP contribution >= 0.6 is 11.3 Å². The molecule has 0 unspecified atom stereocenters. The molecule has 184 valence electrons. The van der Waals surface area contributed by atoms with Crippen molar-refractivity contribution in [3.63, 3.8) is 0 Å². The molecule has 2 N–H and O–H groups in total. The van der Waals surface area contributed by atoms with E-state index >= 15 is 0 Å². The van der Waals surface area contributed by atoms with Crippen LogP contribution in [0.1, 0.15) is 46.0 Å². The van der Waals surface area contributed by atoms with Crippen molar-refractivity contribution in [2.45, 2.75) is 46.0 Å². The SMILES string of the molecule is CC.O=c1[nH]c2ccc(-c3csc(Nc4ccc(OCC5CCCCC5)c(F)c4)n3)cc2c(=O)o1. The topological polar surface area (TPSA) is 97.2 Å². The van der Waals surface area contributed by atoms with Gasteiger partial charge in [0, 0.05) is 22.7 Å². The van der Waals surface area contributed by atoms with Crippen LogP contribution in [0.2, 0.25) is 0 Å². The Hall–Kier alpha value is -3.46. The molecular weight excluding hydrogens is 469 g/mol. The van der Waals surface area contributed by atoms with Crippen LogP contribution < -0.4 is 21.4 Å². The van der Waals surface area contributed by atoms with Crippen molar-refractivity contribution in [1.29, 1.82) is 0 Å². The summed E-state index contributed by atoms with van der Waals surface area (Å²) >= 11 is 1.36. The summed E-state index contributed by atoms with van der Waals surface area (Å²) in [5.74, 6) is -0.439. The number of hydrogen-bond acceptors (Lipinski definition) is 7. The molecule has 1 fully saturated rings. The van der Waals surface area contributed by atoms with E-state index in [0.29, 0.717) is 40.1 Å². The minimum Gasteiger partial charge on any atom is -0.490 e. The highest BCUT2D eigenvalue weighted by atomic mass is 32.1. The number of H-pyrrole nitrogens is 1. The van der Waals surface area contributed by atoms with Gasteiger partial charge in [-0.25, -0.2) is 19.0 Å². The third-order valence-corrected chi connectivity index (χ3v) is 6.60. The monoisotopic (exact) mass is 497 g/mol. The number of thiazole rings is 1. The summed E-state index contributed by atoms with van der Waals surface area (Å²) in [4.78, 5) is 30.3. The van der Waals surface area contributed by atoms with Crippen molar-refractivity contribution >= 4 is 33.1 Å². The first-order valence-electron chi connectivity index (χ1n) is 11.9. The summed E-state index contributed by atoms with van der Waals surface area (Å²) < 4.78 is 24.9. The summed E-state index contributed by atoms with van der Waals surface area (Å²) in [6, 6.07) is 9.81. The van der Waals surface area contributed by atoms with Crippen molar-refractivity contribution in [2.75, 3.05) is 11.9 Å². The number of benzene rings is 2. The molecular formula is C26H28FN3O4S. The first-order chi connectivity index (χ1) is 17.0. The van der Waals surface area contributed by atoms with Gasteiger partial charge >= 0.3 is 11.4 Å². The van der Waals surface area contributed by atoms with E-state index in [-0.39, 0.29) is 11.1 Å². The number of fused-ring (bicyclic) bond motifs is 1. The van der Waals surface area contributed by atoms with E-state index in [1.54, 1.807) is 30.3 Å². The highest BCUT2D eigenvalue weighted by molar-refractivity contribution is 7.14. The summed E-state index contributed by atoms with van der Waals surface area (Å²) in [7, 11) is 0. The molecule has 0 spiro atoms. The molecule has 2 heterocycles. The zero-order chi connectivity index (χ0) is 24.8. The van der Waals surface area contributed by atoms with Gasteiger partial charge < -0.3 is 14.5 Å². The Kier molecular flexibility index (Phi) is 7.97. The molecule has 5 rings (SSSR count). The maximum Gasteiger partial charge on any atom is 0.419 e. The zero-order valence-corrected chi connectivity index (χ0v) is 20.5. The molecule has 9 heteroatoms. The second-order valence-electron chi connectivity index (χ2n) is 8.19. The molecule has 2 aromatic heterocycles. The molecule has 2 aromatic carbocycles. The molecule has 7 nitrogen and oxygen atoms in total. The highest BCUT2D eigenvalue weighted by Gasteiger charge is 2.15. The number of anilines is 2. The molecule has 4 aromatic rings. The van der Waals surface area contributed by atoms with E-state index in [1.165, 1.54) is 36.7 Å². The van der Waals surface area contributed by atoms with Crippen molar-refractivity contribution < 1.29 is 13.5 Å². The van der Waals surface area contributed by atoms with Gasteiger partial charge in [-0.15, -0.1) is 11.3 Å². The van der Waals surface area contributed by atoms with Crippen LogP contribution in [-0.4, -0.2) is 16.6 Å². The first-order valence-corrected chi connectivity index (χ1v) is 12.8. The van der Waals surface area contributed by atoms with Crippen LogP contribution in [0, 0.1) is 11.7 Å². The van der Waals surface area contributed by atoms with Gasteiger partial charge in [-0.1, -0.05) is 39.2 Å². The summed E-state index contributed by atoms with van der Waals surface area (Å²) in [6.45, 7) is 4.55. The second-order valence-corrected chi connectivity index (χ2v) is 9.04. The number of aromatic amines is 1. The third kappa shape index (κ3) is 5.97. The predicted molar refractivity (Wildman–Crippen MR) is 137 cm³/mol. The number of aromatic nitrogens is 2. The van der Waals surface area contributed by atoms with Crippen LogP contribution in [0.25, 0.3) is 22.2 Å². The van der Waals surface area contributed by atoms with Crippen molar-refractivity contribution in [3.8, 4) is 17.0 Å². The van der Waals surface area contributed by atoms with Gasteiger partial charge in [0.1, 0.15) is 0 Å². The van der Waals surface area contributed by atoms with E-state index < -0.39 is 17.2 Å². The van der Waals surface area contributed by atoms with Crippen molar-refractivity contribution in [1.82, 2.24) is 9.97 Å². The average molecular weight is 498 g/mol. The number of rotatable bonds is 6. The number of ether oxygens (including phenoxy) is 1. The molecule has 0 aliphatic heterocycles. The van der Waals surface area contributed by atoms with Gasteiger partial charge in [0.15, 0.2) is 16.7 Å². The maximum atomic E-state index is 14.5. The molecule has 0 saturated heterocycles.